The number of hydrogen-bond acceptors (Lipinski definition) is 2. The first-order valence-electron chi connectivity index (χ1n) is 7.20. The van der Waals surface area contributed by atoms with E-state index in [-0.39, 0.29) is 12.2 Å². The molecule has 3 nitrogen and oxygen atoms in total. The molecular weight excluding hydrogens is 297 g/mol. The summed E-state index contributed by atoms with van der Waals surface area (Å²) in [6.07, 6.45) is -2.03. The van der Waals surface area contributed by atoms with Crippen molar-refractivity contribution < 1.29 is 27.9 Å². The van der Waals surface area contributed by atoms with Crippen LogP contribution in [0.2, 0.25) is 0 Å². The molecule has 0 heterocycles. The van der Waals surface area contributed by atoms with E-state index in [0.717, 1.165) is 25.0 Å². The van der Waals surface area contributed by atoms with Gasteiger partial charge in [0.05, 0.1) is 12.0 Å². The molecule has 120 valence electrons. The van der Waals surface area contributed by atoms with E-state index in [1.807, 2.05) is 0 Å². The zero-order valence-corrected chi connectivity index (χ0v) is 11.9. The van der Waals surface area contributed by atoms with Gasteiger partial charge in [-0.15, -0.1) is 0 Å². The number of alkyl halides is 3. The van der Waals surface area contributed by atoms with E-state index in [4.69, 9.17) is 5.11 Å². The van der Waals surface area contributed by atoms with E-state index in [2.05, 4.69) is 0 Å². The summed E-state index contributed by atoms with van der Waals surface area (Å²) in [4.78, 5) is 23.1. The summed E-state index contributed by atoms with van der Waals surface area (Å²) in [5, 5.41) is 9.05. The molecule has 0 saturated heterocycles. The van der Waals surface area contributed by atoms with Gasteiger partial charge in [0.25, 0.3) is 0 Å². The number of rotatable bonds is 4. The maximum atomic E-state index is 12.6. The number of hydrogen-bond donors (Lipinski definition) is 1. The van der Waals surface area contributed by atoms with Crippen molar-refractivity contribution in [3.63, 3.8) is 0 Å². The number of carbonyl (C=O) groups excluding carboxylic acids is 1. The van der Waals surface area contributed by atoms with Crippen LogP contribution in [-0.2, 0) is 15.8 Å². The predicted molar refractivity (Wildman–Crippen MR) is 73.4 cm³/mol. The highest BCUT2D eigenvalue weighted by Crippen LogP contribution is 2.37. The molecule has 2 atom stereocenters. The number of carbonyl (C=O) groups is 2. The monoisotopic (exact) mass is 314 g/mol. The van der Waals surface area contributed by atoms with E-state index in [0.29, 0.717) is 18.4 Å². The van der Waals surface area contributed by atoms with Crippen LogP contribution in [0.1, 0.15) is 49.1 Å². The zero-order chi connectivity index (χ0) is 16.3. The minimum absolute atomic E-state index is 0.0115. The van der Waals surface area contributed by atoms with E-state index < -0.39 is 29.5 Å². The molecule has 1 aliphatic rings. The van der Waals surface area contributed by atoms with Crippen LogP contribution in [0.25, 0.3) is 0 Å². The molecule has 1 unspecified atom stereocenters. The van der Waals surface area contributed by atoms with Crippen LogP contribution >= 0.6 is 0 Å². The maximum absolute atomic E-state index is 12.6. The number of ketones is 1. The second-order valence-corrected chi connectivity index (χ2v) is 5.64. The first-order valence-corrected chi connectivity index (χ1v) is 7.20. The lowest BCUT2D eigenvalue weighted by molar-refractivity contribution is -0.139. The van der Waals surface area contributed by atoms with Gasteiger partial charge in [0.15, 0.2) is 0 Å². The maximum Gasteiger partial charge on any atom is 0.416 e. The Morgan fingerprint density at radius 1 is 1.23 bits per heavy atom. The molecule has 0 spiro atoms. The minimum atomic E-state index is -4.43. The van der Waals surface area contributed by atoms with Crippen LogP contribution in [0.3, 0.4) is 0 Å². The molecule has 0 amide bonds. The van der Waals surface area contributed by atoms with E-state index in [1.165, 1.54) is 12.1 Å². The van der Waals surface area contributed by atoms with Crippen molar-refractivity contribution in [3.8, 4) is 0 Å². The third-order valence-electron chi connectivity index (χ3n) is 4.15. The summed E-state index contributed by atoms with van der Waals surface area (Å²) in [5.41, 5.74) is -0.295. The van der Waals surface area contributed by atoms with Crippen LogP contribution in [0.15, 0.2) is 24.3 Å². The first kappa shape index (κ1) is 16.5. The van der Waals surface area contributed by atoms with E-state index >= 15 is 0 Å². The van der Waals surface area contributed by atoms with Crippen molar-refractivity contribution in [2.75, 3.05) is 0 Å². The molecule has 0 aliphatic heterocycles. The Balaban J connectivity index is 2.28. The number of carboxylic acid groups (broad SMARTS) is 1. The zero-order valence-electron chi connectivity index (χ0n) is 11.9. The third-order valence-corrected chi connectivity index (χ3v) is 4.15. The molecule has 0 aromatic heterocycles. The smallest absolute Gasteiger partial charge is 0.416 e. The van der Waals surface area contributed by atoms with E-state index in [1.54, 1.807) is 0 Å². The van der Waals surface area contributed by atoms with Crippen LogP contribution in [0.5, 0.6) is 0 Å². The lowest BCUT2D eigenvalue weighted by Gasteiger charge is -2.28. The fourth-order valence-corrected chi connectivity index (χ4v) is 3.04. The number of Topliss-reactive ketones (excluding diaryl/α,β-unsaturated/α-hetero) is 1. The summed E-state index contributed by atoms with van der Waals surface area (Å²) >= 11 is 0. The average molecular weight is 314 g/mol. The predicted octanol–water partition coefficient (Wildman–Crippen LogP) is 4.02. The second-order valence-electron chi connectivity index (χ2n) is 5.64. The fourth-order valence-electron chi connectivity index (χ4n) is 3.04. The number of benzene rings is 1. The van der Waals surface area contributed by atoms with Crippen molar-refractivity contribution >= 4 is 11.8 Å². The standard InChI is InChI=1S/C16H17F3O3/c17-16(18,19)11-7-5-10(6-8-11)13(9-15(21)22)12-3-1-2-4-14(12)20/h5-8,12-13H,1-4,9H2,(H,21,22)/t12?,13-/m0/s1. The van der Waals surface area contributed by atoms with Crippen molar-refractivity contribution in [2.24, 2.45) is 5.92 Å². The van der Waals surface area contributed by atoms with E-state index in [9.17, 15) is 22.8 Å². The Labute approximate surface area is 126 Å². The SMILES string of the molecule is O=C(O)C[C@@H](c1ccc(C(F)(F)F)cc1)C1CCCCC1=O. The molecular formula is C16H17F3O3. The molecule has 1 aromatic carbocycles. The van der Waals surface area contributed by atoms with Gasteiger partial charge in [-0.2, -0.15) is 13.2 Å². The van der Waals surface area contributed by atoms with Gasteiger partial charge >= 0.3 is 12.1 Å². The van der Waals surface area contributed by atoms with Crippen molar-refractivity contribution in [3.05, 3.63) is 35.4 Å². The Morgan fingerprint density at radius 2 is 1.86 bits per heavy atom. The molecule has 1 saturated carbocycles. The van der Waals surface area contributed by atoms with Crippen LogP contribution in [-0.4, -0.2) is 16.9 Å². The average Bonchev–Trinajstić information content (AvgIpc) is 2.45. The molecule has 22 heavy (non-hydrogen) atoms. The van der Waals surface area contributed by atoms with Gasteiger partial charge in [0, 0.05) is 18.3 Å². The van der Waals surface area contributed by atoms with Gasteiger partial charge in [-0.3, -0.25) is 9.59 Å². The Kier molecular flexibility index (Phi) is 4.88. The summed E-state index contributed by atoms with van der Waals surface area (Å²) < 4.78 is 37.8. The summed E-state index contributed by atoms with van der Waals surface area (Å²) in [5.74, 6) is -2.02. The van der Waals surface area contributed by atoms with Gasteiger partial charge < -0.3 is 5.11 Å². The fraction of sp³-hybridized carbons (Fsp3) is 0.500. The molecule has 1 aliphatic carbocycles. The van der Waals surface area contributed by atoms with Gasteiger partial charge in [0.1, 0.15) is 5.78 Å². The molecule has 1 N–H and O–H groups in total. The first-order chi connectivity index (χ1) is 10.3. The molecule has 1 aromatic rings. The van der Waals surface area contributed by atoms with Gasteiger partial charge in [-0.25, -0.2) is 0 Å². The van der Waals surface area contributed by atoms with Crippen molar-refractivity contribution in [1.82, 2.24) is 0 Å². The molecule has 0 radical (unpaired) electrons. The number of halogens is 3. The van der Waals surface area contributed by atoms with Crippen molar-refractivity contribution in [2.45, 2.75) is 44.2 Å². The largest absolute Gasteiger partial charge is 0.481 e. The van der Waals surface area contributed by atoms with Crippen LogP contribution < -0.4 is 0 Å². The number of aliphatic carboxylic acids is 1. The molecule has 1 fully saturated rings. The van der Waals surface area contributed by atoms with Gasteiger partial charge in [0.2, 0.25) is 0 Å². The normalized spacial score (nSPS) is 20.7. The quantitative estimate of drug-likeness (QED) is 0.913. The lowest BCUT2D eigenvalue weighted by Crippen LogP contribution is -2.27. The summed E-state index contributed by atoms with van der Waals surface area (Å²) in [7, 11) is 0. The third kappa shape index (κ3) is 3.87. The summed E-state index contributed by atoms with van der Waals surface area (Å²) in [6, 6.07) is 4.46. The second kappa shape index (κ2) is 6.50. The molecule has 6 heteroatoms. The van der Waals surface area contributed by atoms with Crippen LogP contribution in [0, 0.1) is 5.92 Å². The highest BCUT2D eigenvalue weighted by atomic mass is 19.4. The molecule has 0 bridgehead atoms. The van der Waals surface area contributed by atoms with Gasteiger partial charge in [-0.1, -0.05) is 18.6 Å². The Morgan fingerprint density at radius 3 is 2.36 bits per heavy atom. The Bertz CT molecular complexity index is 549. The summed E-state index contributed by atoms with van der Waals surface area (Å²) in [6.45, 7) is 0. The topological polar surface area (TPSA) is 54.4 Å². The lowest BCUT2D eigenvalue weighted by atomic mass is 9.74. The highest BCUT2D eigenvalue weighted by Gasteiger charge is 2.34. The minimum Gasteiger partial charge on any atom is -0.481 e. The highest BCUT2D eigenvalue weighted by molar-refractivity contribution is 5.83. The molecule has 2 rings (SSSR count). The number of carboxylic acids is 1. The van der Waals surface area contributed by atoms with Gasteiger partial charge in [-0.05, 0) is 30.5 Å². The van der Waals surface area contributed by atoms with Crippen molar-refractivity contribution in [1.29, 1.82) is 0 Å². The Hall–Kier alpha value is -1.85. The van der Waals surface area contributed by atoms with Crippen LogP contribution in [0.4, 0.5) is 13.2 Å².